The van der Waals surface area contributed by atoms with Crippen LogP contribution >= 0.6 is 0 Å². The lowest BCUT2D eigenvalue weighted by Gasteiger charge is -2.21. The minimum Gasteiger partial charge on any atom is -0.480 e. The molecule has 1 aromatic heterocycles. The normalized spacial score (nSPS) is 22.0. The summed E-state index contributed by atoms with van der Waals surface area (Å²) in [5.41, 5.74) is 0. The van der Waals surface area contributed by atoms with Crippen LogP contribution in [0.25, 0.3) is 0 Å². The maximum atomic E-state index is 12.1. The number of hydrogen-bond acceptors (Lipinski definition) is 4. The summed E-state index contributed by atoms with van der Waals surface area (Å²) in [6, 6.07) is 2.30. The fourth-order valence-corrected chi connectivity index (χ4v) is 2.27. The van der Waals surface area contributed by atoms with Gasteiger partial charge in [-0.1, -0.05) is 0 Å². The third kappa shape index (κ3) is 3.11. The lowest BCUT2D eigenvalue weighted by molar-refractivity contribution is -0.141. The molecule has 2 unspecified atom stereocenters. The molecule has 0 saturated carbocycles. The van der Waals surface area contributed by atoms with Crippen molar-refractivity contribution in [1.29, 1.82) is 0 Å². The second-order valence-electron chi connectivity index (χ2n) is 4.77. The van der Waals surface area contributed by atoms with E-state index in [1.807, 2.05) is 6.92 Å². The molecule has 110 valence electrons. The van der Waals surface area contributed by atoms with Crippen molar-refractivity contribution in [2.75, 3.05) is 13.7 Å². The van der Waals surface area contributed by atoms with E-state index >= 15 is 0 Å². The van der Waals surface area contributed by atoms with E-state index < -0.39 is 18.0 Å². The molecule has 2 N–H and O–H groups in total. The van der Waals surface area contributed by atoms with Crippen molar-refractivity contribution in [3.63, 3.8) is 0 Å². The second-order valence-corrected chi connectivity index (χ2v) is 4.77. The number of rotatable bonds is 4. The molecule has 2 amide bonds. The first-order chi connectivity index (χ1) is 9.51. The number of carbonyl (C=O) groups excluding carboxylic acids is 1. The molecule has 0 bridgehead atoms. The molecular formula is C13H18N2O5. The minimum absolute atomic E-state index is 0.229. The number of aliphatic carboxylic acids is 1. The Kier molecular flexibility index (Phi) is 4.29. The van der Waals surface area contributed by atoms with Gasteiger partial charge in [-0.3, -0.25) is 0 Å². The lowest BCUT2D eigenvalue weighted by Crippen LogP contribution is -2.45. The number of furan rings is 1. The third-order valence-corrected chi connectivity index (χ3v) is 3.35. The first-order valence-electron chi connectivity index (χ1n) is 6.36. The standard InChI is InChI=1S/C13H18N2O5/c1-8-3-4-9(20-8)6-14-13(18)15-7-10(19-2)5-11(15)12(16)17/h3-4,10-11H,5-7H2,1-2H3,(H,14,18)(H,16,17). The van der Waals surface area contributed by atoms with Crippen LogP contribution in [0.1, 0.15) is 17.9 Å². The van der Waals surface area contributed by atoms with Gasteiger partial charge in [-0.25, -0.2) is 9.59 Å². The highest BCUT2D eigenvalue weighted by atomic mass is 16.5. The summed E-state index contributed by atoms with van der Waals surface area (Å²) in [7, 11) is 1.51. The number of hydrogen-bond donors (Lipinski definition) is 2. The number of urea groups is 1. The van der Waals surface area contributed by atoms with Crippen LogP contribution in [0.2, 0.25) is 0 Å². The summed E-state index contributed by atoms with van der Waals surface area (Å²) >= 11 is 0. The van der Waals surface area contributed by atoms with E-state index in [0.29, 0.717) is 12.2 Å². The molecule has 1 aliphatic rings. The Bertz CT molecular complexity index is 499. The van der Waals surface area contributed by atoms with Crippen LogP contribution in [0.3, 0.4) is 0 Å². The zero-order valence-corrected chi connectivity index (χ0v) is 11.5. The average Bonchev–Trinajstić information content (AvgIpc) is 3.02. The predicted molar refractivity (Wildman–Crippen MR) is 69.2 cm³/mol. The van der Waals surface area contributed by atoms with Gasteiger partial charge in [0.05, 0.1) is 12.6 Å². The van der Waals surface area contributed by atoms with E-state index in [-0.39, 0.29) is 19.2 Å². The van der Waals surface area contributed by atoms with Crippen LogP contribution in [0.15, 0.2) is 16.5 Å². The van der Waals surface area contributed by atoms with E-state index in [9.17, 15) is 9.59 Å². The SMILES string of the molecule is COC1CC(C(=O)O)N(C(=O)NCc2ccc(C)o2)C1. The number of carbonyl (C=O) groups is 2. The monoisotopic (exact) mass is 282 g/mol. The summed E-state index contributed by atoms with van der Waals surface area (Å²) in [5.74, 6) is 0.372. The summed E-state index contributed by atoms with van der Waals surface area (Å²) < 4.78 is 10.5. The fraction of sp³-hybridized carbons (Fsp3) is 0.538. The number of methoxy groups -OCH3 is 1. The number of nitrogens with zero attached hydrogens (tertiary/aromatic N) is 1. The van der Waals surface area contributed by atoms with Gasteiger partial charge in [-0.05, 0) is 19.1 Å². The molecule has 1 aliphatic heterocycles. The zero-order chi connectivity index (χ0) is 14.7. The zero-order valence-electron chi connectivity index (χ0n) is 11.5. The number of likely N-dealkylation sites (tertiary alicyclic amines) is 1. The molecule has 2 heterocycles. The molecule has 0 aromatic carbocycles. The molecule has 7 nitrogen and oxygen atoms in total. The van der Waals surface area contributed by atoms with E-state index in [2.05, 4.69) is 5.32 Å². The van der Waals surface area contributed by atoms with Crippen molar-refractivity contribution in [3.05, 3.63) is 23.7 Å². The van der Waals surface area contributed by atoms with Gasteiger partial charge in [0.1, 0.15) is 17.6 Å². The highest BCUT2D eigenvalue weighted by molar-refractivity contribution is 5.83. The maximum absolute atomic E-state index is 12.1. The van der Waals surface area contributed by atoms with E-state index in [1.165, 1.54) is 12.0 Å². The predicted octanol–water partition coefficient (Wildman–Crippen LogP) is 0.972. The molecule has 7 heteroatoms. The van der Waals surface area contributed by atoms with Crippen molar-refractivity contribution in [2.24, 2.45) is 0 Å². The van der Waals surface area contributed by atoms with Gasteiger partial charge < -0.3 is 24.5 Å². The lowest BCUT2D eigenvalue weighted by atomic mass is 10.2. The molecule has 2 atom stereocenters. The molecule has 0 radical (unpaired) electrons. The Morgan fingerprint density at radius 3 is 2.85 bits per heavy atom. The number of carboxylic acid groups (broad SMARTS) is 1. The summed E-state index contributed by atoms with van der Waals surface area (Å²) in [5, 5.41) is 11.8. The van der Waals surface area contributed by atoms with Gasteiger partial charge in [0, 0.05) is 20.1 Å². The second kappa shape index (κ2) is 5.96. The van der Waals surface area contributed by atoms with E-state index in [1.54, 1.807) is 12.1 Å². The third-order valence-electron chi connectivity index (χ3n) is 3.35. The molecule has 1 saturated heterocycles. The van der Waals surface area contributed by atoms with Crippen LogP contribution in [0, 0.1) is 6.92 Å². The van der Waals surface area contributed by atoms with Crippen molar-refractivity contribution in [1.82, 2.24) is 10.2 Å². The van der Waals surface area contributed by atoms with Crippen molar-refractivity contribution >= 4 is 12.0 Å². The number of aryl methyl sites for hydroxylation is 1. The van der Waals surface area contributed by atoms with E-state index in [4.69, 9.17) is 14.3 Å². The first-order valence-corrected chi connectivity index (χ1v) is 6.36. The van der Waals surface area contributed by atoms with Crippen molar-refractivity contribution in [2.45, 2.75) is 32.0 Å². The average molecular weight is 282 g/mol. The van der Waals surface area contributed by atoms with Gasteiger partial charge in [0.25, 0.3) is 0 Å². The minimum atomic E-state index is -1.02. The van der Waals surface area contributed by atoms with Crippen molar-refractivity contribution in [3.8, 4) is 0 Å². The van der Waals surface area contributed by atoms with Crippen LogP contribution in [-0.4, -0.2) is 47.8 Å². The number of ether oxygens (including phenoxy) is 1. The van der Waals surface area contributed by atoms with Crippen LogP contribution in [0.4, 0.5) is 4.79 Å². The molecule has 20 heavy (non-hydrogen) atoms. The number of amides is 2. The number of nitrogens with one attached hydrogen (secondary N) is 1. The van der Waals surface area contributed by atoms with Crippen LogP contribution < -0.4 is 5.32 Å². The first kappa shape index (κ1) is 14.4. The summed E-state index contributed by atoms with van der Waals surface area (Å²) in [6.45, 7) is 2.32. The van der Waals surface area contributed by atoms with Crippen molar-refractivity contribution < 1.29 is 23.8 Å². The van der Waals surface area contributed by atoms with Gasteiger partial charge >= 0.3 is 12.0 Å². The van der Waals surface area contributed by atoms with E-state index in [0.717, 1.165) is 5.76 Å². The highest BCUT2D eigenvalue weighted by Crippen LogP contribution is 2.20. The molecule has 2 rings (SSSR count). The molecular weight excluding hydrogens is 264 g/mol. The van der Waals surface area contributed by atoms with Crippen LogP contribution in [-0.2, 0) is 16.1 Å². The Morgan fingerprint density at radius 1 is 1.55 bits per heavy atom. The summed E-state index contributed by atoms with van der Waals surface area (Å²) in [4.78, 5) is 24.5. The Labute approximate surface area is 116 Å². The van der Waals surface area contributed by atoms with Crippen LogP contribution in [0.5, 0.6) is 0 Å². The fourth-order valence-electron chi connectivity index (χ4n) is 2.27. The smallest absolute Gasteiger partial charge is 0.326 e. The topological polar surface area (TPSA) is 92.0 Å². The molecule has 0 spiro atoms. The van der Waals surface area contributed by atoms with Gasteiger partial charge in [0.2, 0.25) is 0 Å². The van der Waals surface area contributed by atoms with Gasteiger partial charge in [0.15, 0.2) is 0 Å². The quantitative estimate of drug-likeness (QED) is 0.858. The Morgan fingerprint density at radius 2 is 2.30 bits per heavy atom. The summed E-state index contributed by atoms with van der Waals surface area (Å²) in [6.07, 6.45) is 0.0618. The Hall–Kier alpha value is -2.02. The maximum Gasteiger partial charge on any atom is 0.326 e. The molecule has 1 aromatic rings. The molecule has 0 aliphatic carbocycles. The van der Waals surface area contributed by atoms with Gasteiger partial charge in [-0.2, -0.15) is 0 Å². The van der Waals surface area contributed by atoms with Gasteiger partial charge in [-0.15, -0.1) is 0 Å². The highest BCUT2D eigenvalue weighted by Gasteiger charge is 2.39. The largest absolute Gasteiger partial charge is 0.480 e. The number of carboxylic acids is 1. The molecule has 1 fully saturated rings. The Balaban J connectivity index is 1.95.